The highest BCUT2D eigenvalue weighted by atomic mass is 35.5. The van der Waals surface area contributed by atoms with Crippen LogP contribution in [0.5, 0.6) is 0 Å². The number of benzene rings is 1. The summed E-state index contributed by atoms with van der Waals surface area (Å²) in [5.74, 6) is 0. The first-order valence-corrected chi connectivity index (χ1v) is 6.03. The van der Waals surface area contributed by atoms with Crippen LogP contribution in [0.2, 0.25) is 5.02 Å². The van der Waals surface area contributed by atoms with E-state index in [1.165, 1.54) is 0 Å². The Morgan fingerprint density at radius 3 is 3.00 bits per heavy atom. The number of hydrogen-bond donors (Lipinski definition) is 2. The number of aliphatic hydroxyl groups excluding tert-OH is 1. The largest absolute Gasteiger partial charge is 0.394 e. The molecule has 4 nitrogen and oxygen atoms in total. The van der Waals surface area contributed by atoms with Crippen LogP contribution < -0.4 is 5.32 Å². The topological polar surface area (TPSA) is 52.6 Å². The van der Waals surface area contributed by atoms with Gasteiger partial charge in [-0.05, 0) is 25.0 Å². The molecule has 1 fully saturated rings. The van der Waals surface area contributed by atoms with E-state index in [0.717, 1.165) is 12.8 Å². The van der Waals surface area contributed by atoms with E-state index in [9.17, 15) is 4.79 Å². The average Bonchev–Trinajstić information content (AvgIpc) is 2.80. The molecular weight excluding hydrogens is 240 g/mol. The third-order valence-corrected chi connectivity index (χ3v) is 3.29. The summed E-state index contributed by atoms with van der Waals surface area (Å²) in [4.78, 5) is 13.6. The molecule has 1 aromatic rings. The number of urea groups is 1. The standard InChI is InChI=1S/C12H15ClN2O2/c13-10-5-1-2-6-11(10)14-12(17)15-7-3-4-9(15)8-16/h1-2,5-6,9,16H,3-4,7-8H2,(H,14,17)/t9-/m0/s1. The second kappa shape index (κ2) is 5.38. The van der Waals surface area contributed by atoms with Crippen LogP contribution in [-0.4, -0.2) is 35.2 Å². The van der Waals surface area contributed by atoms with E-state index < -0.39 is 0 Å². The first-order chi connectivity index (χ1) is 8.22. The van der Waals surface area contributed by atoms with Gasteiger partial charge in [-0.25, -0.2) is 4.79 Å². The number of carbonyl (C=O) groups is 1. The molecule has 0 aromatic heterocycles. The molecule has 1 aliphatic heterocycles. The van der Waals surface area contributed by atoms with Crippen LogP contribution in [0, 0.1) is 0 Å². The van der Waals surface area contributed by atoms with Crippen molar-refractivity contribution in [3.8, 4) is 0 Å². The number of nitrogens with one attached hydrogen (secondary N) is 1. The van der Waals surface area contributed by atoms with Crippen molar-refractivity contribution in [1.29, 1.82) is 0 Å². The molecule has 1 heterocycles. The summed E-state index contributed by atoms with van der Waals surface area (Å²) in [6.07, 6.45) is 1.79. The van der Waals surface area contributed by atoms with Crippen LogP contribution >= 0.6 is 11.6 Å². The number of amides is 2. The number of likely N-dealkylation sites (tertiary alicyclic amines) is 1. The summed E-state index contributed by atoms with van der Waals surface area (Å²) in [5, 5.41) is 12.4. The van der Waals surface area contributed by atoms with Gasteiger partial charge < -0.3 is 15.3 Å². The molecule has 0 aliphatic carbocycles. The molecule has 92 valence electrons. The Balaban J connectivity index is 2.04. The Bertz CT molecular complexity index is 411. The van der Waals surface area contributed by atoms with Gasteiger partial charge in [0.05, 0.1) is 23.4 Å². The lowest BCUT2D eigenvalue weighted by atomic mass is 10.2. The van der Waals surface area contributed by atoms with Gasteiger partial charge in [-0.15, -0.1) is 0 Å². The van der Waals surface area contributed by atoms with Gasteiger partial charge in [0.2, 0.25) is 0 Å². The minimum Gasteiger partial charge on any atom is -0.394 e. The maximum absolute atomic E-state index is 12.0. The second-order valence-corrected chi connectivity index (χ2v) is 4.49. The normalized spacial score (nSPS) is 19.4. The van der Waals surface area contributed by atoms with Gasteiger partial charge in [0.25, 0.3) is 0 Å². The van der Waals surface area contributed by atoms with Gasteiger partial charge in [-0.3, -0.25) is 0 Å². The maximum Gasteiger partial charge on any atom is 0.322 e. The first kappa shape index (κ1) is 12.2. The summed E-state index contributed by atoms with van der Waals surface area (Å²) < 4.78 is 0. The first-order valence-electron chi connectivity index (χ1n) is 5.65. The Hall–Kier alpha value is -1.26. The summed E-state index contributed by atoms with van der Waals surface area (Å²) in [5.41, 5.74) is 0.600. The molecule has 1 aliphatic rings. The van der Waals surface area contributed by atoms with Gasteiger partial charge in [0, 0.05) is 6.54 Å². The van der Waals surface area contributed by atoms with Crippen molar-refractivity contribution >= 4 is 23.3 Å². The van der Waals surface area contributed by atoms with E-state index in [0.29, 0.717) is 17.3 Å². The smallest absolute Gasteiger partial charge is 0.322 e. The Labute approximate surface area is 105 Å². The molecule has 17 heavy (non-hydrogen) atoms. The number of aliphatic hydroxyl groups is 1. The molecule has 1 aromatic carbocycles. The Morgan fingerprint density at radius 1 is 1.53 bits per heavy atom. The van der Waals surface area contributed by atoms with Crippen molar-refractivity contribution in [2.75, 3.05) is 18.5 Å². The second-order valence-electron chi connectivity index (χ2n) is 4.08. The van der Waals surface area contributed by atoms with Crippen LogP contribution in [0.3, 0.4) is 0 Å². The van der Waals surface area contributed by atoms with Gasteiger partial charge >= 0.3 is 6.03 Å². The van der Waals surface area contributed by atoms with E-state index in [1.54, 1.807) is 17.0 Å². The lowest BCUT2D eigenvalue weighted by Crippen LogP contribution is -2.40. The molecular formula is C12H15ClN2O2. The predicted octanol–water partition coefficient (Wildman–Crippen LogP) is 2.33. The summed E-state index contributed by atoms with van der Waals surface area (Å²) >= 11 is 5.96. The zero-order chi connectivity index (χ0) is 12.3. The molecule has 2 N–H and O–H groups in total. The number of anilines is 1. The van der Waals surface area contributed by atoms with Gasteiger partial charge in [0.15, 0.2) is 0 Å². The van der Waals surface area contributed by atoms with Crippen LogP contribution in [0.25, 0.3) is 0 Å². The Morgan fingerprint density at radius 2 is 2.29 bits per heavy atom. The SMILES string of the molecule is O=C(Nc1ccccc1Cl)N1CCC[C@H]1CO. The van der Waals surface area contributed by atoms with E-state index >= 15 is 0 Å². The predicted molar refractivity (Wildman–Crippen MR) is 67.3 cm³/mol. The molecule has 0 radical (unpaired) electrons. The van der Waals surface area contributed by atoms with E-state index in [1.807, 2.05) is 12.1 Å². The number of rotatable bonds is 2. The highest BCUT2D eigenvalue weighted by molar-refractivity contribution is 6.33. The number of carbonyl (C=O) groups excluding carboxylic acids is 1. The van der Waals surface area contributed by atoms with Crippen molar-refractivity contribution in [2.24, 2.45) is 0 Å². The van der Waals surface area contributed by atoms with Crippen molar-refractivity contribution in [1.82, 2.24) is 4.90 Å². The molecule has 1 saturated heterocycles. The summed E-state index contributed by atoms with van der Waals surface area (Å²) in [7, 11) is 0. The minimum atomic E-state index is -0.199. The molecule has 0 spiro atoms. The fourth-order valence-corrected chi connectivity index (χ4v) is 2.23. The van der Waals surface area contributed by atoms with Crippen molar-refractivity contribution in [3.05, 3.63) is 29.3 Å². The molecule has 2 amide bonds. The van der Waals surface area contributed by atoms with Gasteiger partial charge in [-0.2, -0.15) is 0 Å². The number of hydrogen-bond acceptors (Lipinski definition) is 2. The van der Waals surface area contributed by atoms with Crippen LogP contribution in [0.15, 0.2) is 24.3 Å². The lowest BCUT2D eigenvalue weighted by Gasteiger charge is -2.23. The quantitative estimate of drug-likeness (QED) is 0.851. The van der Waals surface area contributed by atoms with Crippen LogP contribution in [0.1, 0.15) is 12.8 Å². The molecule has 2 rings (SSSR count). The van der Waals surface area contributed by atoms with E-state index in [-0.39, 0.29) is 18.7 Å². The lowest BCUT2D eigenvalue weighted by molar-refractivity contribution is 0.166. The van der Waals surface area contributed by atoms with Crippen molar-refractivity contribution < 1.29 is 9.90 Å². The van der Waals surface area contributed by atoms with Crippen molar-refractivity contribution in [2.45, 2.75) is 18.9 Å². The fraction of sp³-hybridized carbons (Fsp3) is 0.417. The van der Waals surface area contributed by atoms with Crippen LogP contribution in [-0.2, 0) is 0 Å². The molecule has 0 unspecified atom stereocenters. The maximum atomic E-state index is 12.0. The number of nitrogens with zero attached hydrogens (tertiary/aromatic N) is 1. The van der Waals surface area contributed by atoms with Gasteiger partial charge in [-0.1, -0.05) is 23.7 Å². The number of para-hydroxylation sites is 1. The molecule has 1 atom stereocenters. The Kier molecular flexibility index (Phi) is 3.86. The summed E-state index contributed by atoms with van der Waals surface area (Å²) in [6.45, 7) is 0.692. The molecule has 0 bridgehead atoms. The van der Waals surface area contributed by atoms with Gasteiger partial charge in [0.1, 0.15) is 0 Å². The third kappa shape index (κ3) is 2.70. The average molecular weight is 255 g/mol. The third-order valence-electron chi connectivity index (χ3n) is 2.96. The zero-order valence-electron chi connectivity index (χ0n) is 9.40. The highest BCUT2D eigenvalue weighted by Gasteiger charge is 2.28. The number of halogens is 1. The molecule has 0 saturated carbocycles. The summed E-state index contributed by atoms with van der Waals surface area (Å²) in [6, 6.07) is 6.83. The highest BCUT2D eigenvalue weighted by Crippen LogP contribution is 2.23. The molecule has 5 heteroatoms. The minimum absolute atomic E-state index is 0.00986. The van der Waals surface area contributed by atoms with Crippen molar-refractivity contribution in [3.63, 3.8) is 0 Å². The zero-order valence-corrected chi connectivity index (χ0v) is 10.2. The monoisotopic (exact) mass is 254 g/mol. The van der Waals surface area contributed by atoms with Crippen LogP contribution in [0.4, 0.5) is 10.5 Å². The van der Waals surface area contributed by atoms with E-state index in [2.05, 4.69) is 5.32 Å². The van der Waals surface area contributed by atoms with E-state index in [4.69, 9.17) is 16.7 Å². The fourth-order valence-electron chi connectivity index (χ4n) is 2.04.